The monoisotopic (exact) mass is 358 g/mol. The Balaban J connectivity index is 1.57. The topological polar surface area (TPSA) is 32.8 Å². The second-order valence-electron chi connectivity index (χ2n) is 9.06. The van der Waals surface area contributed by atoms with E-state index in [1.165, 1.54) is 5.56 Å². The first kappa shape index (κ1) is 19.4. The zero-order valence-electron chi connectivity index (χ0n) is 17.0. The average Bonchev–Trinajstić information content (AvgIpc) is 2.60. The maximum absolute atomic E-state index is 12.8. The van der Waals surface area contributed by atoms with Crippen molar-refractivity contribution in [3.05, 3.63) is 35.4 Å². The van der Waals surface area contributed by atoms with Crippen LogP contribution in [0.15, 0.2) is 24.3 Å². The number of carbonyl (C=O) groups is 1. The number of hydrogen-bond acceptors (Lipinski definition) is 3. The summed E-state index contributed by atoms with van der Waals surface area (Å²) in [6.07, 6.45) is 2.73. The number of carbonyl (C=O) groups excluding carboxylic acids is 1. The molecule has 2 atom stereocenters. The molecule has 1 aromatic rings. The molecule has 2 unspecified atom stereocenters. The number of ether oxygens (including phenoxy) is 1. The van der Waals surface area contributed by atoms with Crippen LogP contribution in [0.1, 0.15) is 63.4 Å². The highest BCUT2D eigenvalue weighted by atomic mass is 16.5. The van der Waals surface area contributed by atoms with Gasteiger partial charge in [0.2, 0.25) is 0 Å². The number of nitrogens with zero attached hydrogens (tertiary/aromatic N) is 2. The molecule has 2 fully saturated rings. The molecule has 0 radical (unpaired) electrons. The van der Waals surface area contributed by atoms with Gasteiger partial charge in [0.25, 0.3) is 5.91 Å². The summed E-state index contributed by atoms with van der Waals surface area (Å²) >= 11 is 0. The first-order valence-electron chi connectivity index (χ1n) is 10.0. The summed E-state index contributed by atoms with van der Waals surface area (Å²) in [6.45, 7) is 14.6. The van der Waals surface area contributed by atoms with E-state index in [-0.39, 0.29) is 11.3 Å². The predicted octanol–water partition coefficient (Wildman–Crippen LogP) is 3.70. The highest BCUT2D eigenvalue weighted by molar-refractivity contribution is 5.94. The van der Waals surface area contributed by atoms with Gasteiger partial charge in [-0.25, -0.2) is 0 Å². The van der Waals surface area contributed by atoms with Crippen LogP contribution in [0.4, 0.5) is 0 Å². The van der Waals surface area contributed by atoms with E-state index in [1.807, 2.05) is 17.0 Å². The van der Waals surface area contributed by atoms with Gasteiger partial charge >= 0.3 is 0 Å². The van der Waals surface area contributed by atoms with E-state index >= 15 is 0 Å². The fourth-order valence-electron chi connectivity index (χ4n) is 4.25. The second-order valence-corrected chi connectivity index (χ2v) is 9.06. The van der Waals surface area contributed by atoms with Crippen molar-refractivity contribution in [2.24, 2.45) is 0 Å². The molecule has 0 N–H and O–H groups in total. The molecule has 3 rings (SSSR count). The molecule has 0 saturated carbocycles. The maximum Gasteiger partial charge on any atom is 0.253 e. The largest absolute Gasteiger partial charge is 0.373 e. The Morgan fingerprint density at radius 2 is 1.54 bits per heavy atom. The van der Waals surface area contributed by atoms with Crippen molar-refractivity contribution < 1.29 is 9.53 Å². The Kier molecular flexibility index (Phi) is 5.73. The summed E-state index contributed by atoms with van der Waals surface area (Å²) in [7, 11) is 0. The fraction of sp³-hybridized carbons (Fsp3) is 0.682. The van der Waals surface area contributed by atoms with Gasteiger partial charge in [-0.1, -0.05) is 32.9 Å². The average molecular weight is 359 g/mol. The quantitative estimate of drug-likeness (QED) is 0.808. The Morgan fingerprint density at radius 1 is 1.00 bits per heavy atom. The summed E-state index contributed by atoms with van der Waals surface area (Å²) < 4.78 is 5.85. The molecule has 0 aliphatic carbocycles. The highest BCUT2D eigenvalue weighted by Crippen LogP contribution is 2.24. The summed E-state index contributed by atoms with van der Waals surface area (Å²) in [5.74, 6) is 0.174. The van der Waals surface area contributed by atoms with E-state index in [2.05, 4.69) is 51.7 Å². The Bertz CT molecular complexity index is 602. The van der Waals surface area contributed by atoms with E-state index in [0.717, 1.165) is 44.6 Å². The van der Waals surface area contributed by atoms with Crippen molar-refractivity contribution in [1.29, 1.82) is 0 Å². The lowest BCUT2D eigenvalue weighted by Gasteiger charge is -2.43. The number of amides is 1. The molecule has 2 aliphatic heterocycles. The molecule has 26 heavy (non-hydrogen) atoms. The minimum absolute atomic E-state index is 0.117. The van der Waals surface area contributed by atoms with Crippen LogP contribution in [0.5, 0.6) is 0 Å². The third kappa shape index (κ3) is 4.47. The number of rotatable bonds is 2. The molecule has 0 bridgehead atoms. The van der Waals surface area contributed by atoms with Crippen LogP contribution >= 0.6 is 0 Å². The minimum atomic E-state index is 0.117. The standard InChI is InChI=1S/C22H34N2O2/c1-16-14-24(15-17(2)26-16)20-10-12-23(13-11-20)21(25)18-6-8-19(9-7-18)22(3,4)5/h6-9,16-17,20H,10-15H2,1-5H3. The molecule has 1 amide bonds. The smallest absolute Gasteiger partial charge is 0.253 e. The molecule has 2 saturated heterocycles. The van der Waals surface area contributed by atoms with E-state index < -0.39 is 0 Å². The van der Waals surface area contributed by atoms with Crippen LogP contribution in [0.2, 0.25) is 0 Å². The highest BCUT2D eigenvalue weighted by Gasteiger charge is 2.31. The molecule has 0 spiro atoms. The summed E-state index contributed by atoms with van der Waals surface area (Å²) in [4.78, 5) is 17.4. The molecule has 0 aromatic heterocycles. The van der Waals surface area contributed by atoms with E-state index in [9.17, 15) is 4.79 Å². The Labute approximate surface area is 158 Å². The lowest BCUT2D eigenvalue weighted by atomic mass is 9.86. The minimum Gasteiger partial charge on any atom is -0.373 e. The normalized spacial score (nSPS) is 26.1. The third-order valence-corrected chi connectivity index (χ3v) is 5.71. The Hall–Kier alpha value is -1.39. The molecule has 2 heterocycles. The number of benzene rings is 1. The molecule has 144 valence electrons. The van der Waals surface area contributed by atoms with Crippen LogP contribution in [0.25, 0.3) is 0 Å². The van der Waals surface area contributed by atoms with Gasteiger partial charge < -0.3 is 9.64 Å². The molecule has 4 nitrogen and oxygen atoms in total. The van der Waals surface area contributed by atoms with Crippen molar-refractivity contribution in [1.82, 2.24) is 9.80 Å². The molecule has 4 heteroatoms. The maximum atomic E-state index is 12.8. The van der Waals surface area contributed by atoms with Crippen LogP contribution in [0.3, 0.4) is 0 Å². The van der Waals surface area contributed by atoms with Crippen molar-refractivity contribution in [3.63, 3.8) is 0 Å². The van der Waals surface area contributed by atoms with E-state index in [4.69, 9.17) is 4.74 Å². The fourth-order valence-corrected chi connectivity index (χ4v) is 4.25. The van der Waals surface area contributed by atoms with Crippen LogP contribution in [-0.2, 0) is 10.2 Å². The molecular weight excluding hydrogens is 324 g/mol. The zero-order valence-corrected chi connectivity index (χ0v) is 17.0. The third-order valence-electron chi connectivity index (χ3n) is 5.71. The van der Waals surface area contributed by atoms with Crippen molar-refractivity contribution in [2.45, 2.75) is 71.1 Å². The van der Waals surface area contributed by atoms with Gasteiger partial charge in [0.05, 0.1) is 12.2 Å². The summed E-state index contributed by atoms with van der Waals surface area (Å²) in [5, 5.41) is 0. The van der Waals surface area contributed by atoms with Gasteiger partial charge in [-0.2, -0.15) is 0 Å². The van der Waals surface area contributed by atoms with Gasteiger partial charge in [-0.3, -0.25) is 9.69 Å². The van der Waals surface area contributed by atoms with Gasteiger partial charge in [0.1, 0.15) is 0 Å². The van der Waals surface area contributed by atoms with Gasteiger partial charge in [-0.05, 0) is 49.8 Å². The number of hydrogen-bond donors (Lipinski definition) is 0. The number of likely N-dealkylation sites (tertiary alicyclic amines) is 1. The van der Waals surface area contributed by atoms with Gasteiger partial charge in [0, 0.05) is 37.8 Å². The number of morpholine rings is 1. The molecular formula is C22H34N2O2. The molecule has 1 aromatic carbocycles. The summed E-state index contributed by atoms with van der Waals surface area (Å²) in [6, 6.07) is 8.74. The van der Waals surface area contributed by atoms with Crippen LogP contribution < -0.4 is 0 Å². The number of piperidine rings is 1. The van der Waals surface area contributed by atoms with Crippen molar-refractivity contribution in [2.75, 3.05) is 26.2 Å². The molecule has 2 aliphatic rings. The SMILES string of the molecule is CC1CN(C2CCN(C(=O)c3ccc(C(C)(C)C)cc3)CC2)CC(C)O1. The first-order chi connectivity index (χ1) is 12.2. The first-order valence-corrected chi connectivity index (χ1v) is 10.0. The van der Waals surface area contributed by atoms with E-state index in [1.54, 1.807) is 0 Å². The van der Waals surface area contributed by atoms with Gasteiger partial charge in [-0.15, -0.1) is 0 Å². The van der Waals surface area contributed by atoms with Crippen molar-refractivity contribution >= 4 is 5.91 Å². The zero-order chi connectivity index (χ0) is 18.9. The lowest BCUT2D eigenvalue weighted by Crippen LogP contribution is -2.53. The van der Waals surface area contributed by atoms with E-state index in [0.29, 0.717) is 18.2 Å². The second kappa shape index (κ2) is 7.69. The van der Waals surface area contributed by atoms with Crippen LogP contribution in [0, 0.1) is 0 Å². The Morgan fingerprint density at radius 3 is 2.04 bits per heavy atom. The van der Waals surface area contributed by atoms with Crippen LogP contribution in [-0.4, -0.2) is 60.1 Å². The van der Waals surface area contributed by atoms with Crippen molar-refractivity contribution in [3.8, 4) is 0 Å². The lowest BCUT2D eigenvalue weighted by molar-refractivity contribution is -0.0856. The predicted molar refractivity (Wildman–Crippen MR) is 106 cm³/mol. The summed E-state index contributed by atoms with van der Waals surface area (Å²) in [5.41, 5.74) is 2.19. The van der Waals surface area contributed by atoms with Gasteiger partial charge in [0.15, 0.2) is 0 Å².